The number of carbonyl (C=O) groups is 1. The van der Waals surface area contributed by atoms with Crippen LogP contribution in [0.2, 0.25) is 0 Å². The van der Waals surface area contributed by atoms with E-state index in [0.29, 0.717) is 6.42 Å². The molecule has 1 aromatic carbocycles. The molecule has 0 amide bonds. The van der Waals surface area contributed by atoms with Crippen LogP contribution in [0.25, 0.3) is 0 Å². The molecule has 0 atom stereocenters. The number of hydrogen-bond acceptors (Lipinski definition) is 3. The van der Waals surface area contributed by atoms with Crippen LogP contribution >= 0.6 is 0 Å². The van der Waals surface area contributed by atoms with Crippen molar-refractivity contribution in [1.82, 2.24) is 0 Å². The summed E-state index contributed by atoms with van der Waals surface area (Å²) in [6.07, 6.45) is 1.78. The molecule has 0 unspecified atom stereocenters. The number of benzene rings is 1. The zero-order chi connectivity index (χ0) is 13.1. The summed E-state index contributed by atoms with van der Waals surface area (Å²) < 4.78 is 0. The number of nitrogens with zero attached hydrogens (tertiary/aromatic N) is 2. The van der Waals surface area contributed by atoms with Crippen LogP contribution in [0.15, 0.2) is 18.2 Å². The standard InChI is InChI=1S/C14H20N2O2/c1-15-8-9-16(2)13-10-11(6-7-12(13)15)4-3-5-14(17)18/h6-7,10H,3-5,8-9H2,1-2H3,(H,17,18). The summed E-state index contributed by atoms with van der Waals surface area (Å²) in [7, 11) is 4.21. The van der Waals surface area contributed by atoms with Gasteiger partial charge in [-0.1, -0.05) is 6.07 Å². The maximum absolute atomic E-state index is 10.5. The van der Waals surface area contributed by atoms with Crippen molar-refractivity contribution in [3.8, 4) is 0 Å². The van der Waals surface area contributed by atoms with E-state index in [1.165, 1.54) is 16.9 Å². The van der Waals surface area contributed by atoms with Crippen molar-refractivity contribution in [3.63, 3.8) is 0 Å². The fourth-order valence-electron chi connectivity index (χ4n) is 2.34. The van der Waals surface area contributed by atoms with Gasteiger partial charge >= 0.3 is 5.97 Å². The lowest BCUT2D eigenvalue weighted by molar-refractivity contribution is -0.137. The minimum atomic E-state index is -0.718. The summed E-state index contributed by atoms with van der Waals surface area (Å²) in [5.74, 6) is -0.718. The molecular weight excluding hydrogens is 228 g/mol. The molecule has 0 aromatic heterocycles. The van der Waals surface area contributed by atoms with Gasteiger partial charge in [0.1, 0.15) is 0 Å². The lowest BCUT2D eigenvalue weighted by Gasteiger charge is -2.35. The molecule has 1 aliphatic heterocycles. The number of aryl methyl sites for hydroxylation is 1. The molecule has 2 rings (SSSR count). The number of likely N-dealkylation sites (N-methyl/N-ethyl adjacent to an activating group) is 2. The highest BCUT2D eigenvalue weighted by Gasteiger charge is 2.17. The van der Waals surface area contributed by atoms with Crippen LogP contribution in [-0.4, -0.2) is 38.3 Å². The number of anilines is 2. The highest BCUT2D eigenvalue weighted by molar-refractivity contribution is 5.73. The van der Waals surface area contributed by atoms with Crippen LogP contribution in [0, 0.1) is 0 Å². The smallest absolute Gasteiger partial charge is 0.303 e. The van der Waals surface area contributed by atoms with Gasteiger partial charge in [0, 0.05) is 33.6 Å². The highest BCUT2D eigenvalue weighted by Crippen LogP contribution is 2.32. The molecule has 18 heavy (non-hydrogen) atoms. The molecule has 1 aliphatic rings. The predicted molar refractivity (Wildman–Crippen MR) is 73.6 cm³/mol. The molecule has 4 nitrogen and oxygen atoms in total. The first-order chi connectivity index (χ1) is 8.58. The number of hydrogen-bond donors (Lipinski definition) is 1. The van der Waals surface area contributed by atoms with Gasteiger partial charge in [-0.15, -0.1) is 0 Å². The van der Waals surface area contributed by atoms with Gasteiger partial charge in [-0.05, 0) is 30.5 Å². The van der Waals surface area contributed by atoms with E-state index < -0.39 is 5.97 Å². The Hall–Kier alpha value is -1.71. The Morgan fingerprint density at radius 3 is 2.56 bits per heavy atom. The number of aliphatic carboxylic acids is 1. The molecular formula is C14H20N2O2. The predicted octanol–water partition coefficient (Wildman–Crippen LogP) is 1.98. The van der Waals surface area contributed by atoms with E-state index in [1.807, 2.05) is 0 Å². The van der Waals surface area contributed by atoms with Crippen molar-refractivity contribution >= 4 is 17.3 Å². The van der Waals surface area contributed by atoms with Crippen LogP contribution in [0.5, 0.6) is 0 Å². The maximum Gasteiger partial charge on any atom is 0.303 e. The van der Waals surface area contributed by atoms with E-state index >= 15 is 0 Å². The van der Waals surface area contributed by atoms with Crippen molar-refractivity contribution in [2.45, 2.75) is 19.3 Å². The van der Waals surface area contributed by atoms with Crippen LogP contribution in [0.1, 0.15) is 18.4 Å². The monoisotopic (exact) mass is 248 g/mol. The van der Waals surface area contributed by atoms with Crippen molar-refractivity contribution in [2.24, 2.45) is 0 Å². The zero-order valence-corrected chi connectivity index (χ0v) is 11.0. The van der Waals surface area contributed by atoms with E-state index in [9.17, 15) is 4.79 Å². The molecule has 1 N–H and O–H groups in total. The van der Waals surface area contributed by atoms with E-state index in [-0.39, 0.29) is 6.42 Å². The molecule has 0 bridgehead atoms. The van der Waals surface area contributed by atoms with Gasteiger partial charge in [-0.25, -0.2) is 0 Å². The van der Waals surface area contributed by atoms with Gasteiger partial charge in [0.05, 0.1) is 11.4 Å². The second kappa shape index (κ2) is 5.29. The van der Waals surface area contributed by atoms with Crippen LogP contribution in [0.4, 0.5) is 11.4 Å². The molecule has 0 aliphatic carbocycles. The van der Waals surface area contributed by atoms with Gasteiger partial charge in [-0.2, -0.15) is 0 Å². The Morgan fingerprint density at radius 1 is 1.22 bits per heavy atom. The quantitative estimate of drug-likeness (QED) is 0.885. The van der Waals surface area contributed by atoms with Crippen LogP contribution in [-0.2, 0) is 11.2 Å². The second-order valence-corrected chi connectivity index (χ2v) is 4.91. The Bertz CT molecular complexity index is 445. The van der Waals surface area contributed by atoms with Crippen molar-refractivity contribution in [3.05, 3.63) is 23.8 Å². The van der Waals surface area contributed by atoms with Gasteiger partial charge in [-0.3, -0.25) is 4.79 Å². The van der Waals surface area contributed by atoms with Crippen LogP contribution < -0.4 is 9.80 Å². The third kappa shape index (κ3) is 2.75. The SMILES string of the molecule is CN1CCN(C)c2cc(CCCC(=O)O)ccc21. The molecule has 0 radical (unpaired) electrons. The van der Waals surface area contributed by atoms with Crippen molar-refractivity contribution < 1.29 is 9.90 Å². The fraction of sp³-hybridized carbons (Fsp3) is 0.500. The summed E-state index contributed by atoms with van der Waals surface area (Å²) in [6, 6.07) is 6.43. The fourth-order valence-corrected chi connectivity index (χ4v) is 2.34. The van der Waals surface area contributed by atoms with Crippen molar-refractivity contribution in [2.75, 3.05) is 37.0 Å². The number of fused-ring (bicyclic) bond motifs is 1. The first kappa shape index (κ1) is 12.7. The highest BCUT2D eigenvalue weighted by atomic mass is 16.4. The average Bonchev–Trinajstić information content (AvgIpc) is 2.34. The maximum atomic E-state index is 10.5. The summed E-state index contributed by atoms with van der Waals surface area (Å²) in [5, 5.41) is 8.65. The lowest BCUT2D eigenvalue weighted by Crippen LogP contribution is -2.36. The normalized spacial score (nSPS) is 14.6. The van der Waals surface area contributed by atoms with E-state index in [4.69, 9.17) is 5.11 Å². The number of carboxylic acids is 1. The number of rotatable bonds is 4. The van der Waals surface area contributed by atoms with Gasteiger partial charge in [0.15, 0.2) is 0 Å². The lowest BCUT2D eigenvalue weighted by atomic mass is 10.0. The van der Waals surface area contributed by atoms with Gasteiger partial charge < -0.3 is 14.9 Å². The average molecular weight is 248 g/mol. The van der Waals surface area contributed by atoms with E-state index in [2.05, 4.69) is 42.1 Å². The molecule has 1 heterocycles. The minimum Gasteiger partial charge on any atom is -0.481 e. The molecule has 1 aromatic rings. The molecule has 98 valence electrons. The second-order valence-electron chi connectivity index (χ2n) is 4.91. The molecule has 0 spiro atoms. The Kier molecular flexibility index (Phi) is 3.75. The summed E-state index contributed by atoms with van der Waals surface area (Å²) in [5.41, 5.74) is 3.72. The Labute approximate surface area is 108 Å². The molecule has 0 saturated heterocycles. The molecule has 0 saturated carbocycles. The minimum absolute atomic E-state index is 0.243. The van der Waals surface area contributed by atoms with Gasteiger partial charge in [0.25, 0.3) is 0 Å². The van der Waals surface area contributed by atoms with E-state index in [0.717, 1.165) is 19.5 Å². The van der Waals surface area contributed by atoms with Gasteiger partial charge in [0.2, 0.25) is 0 Å². The Morgan fingerprint density at radius 2 is 1.89 bits per heavy atom. The third-order valence-corrected chi connectivity index (χ3v) is 3.49. The zero-order valence-electron chi connectivity index (χ0n) is 11.0. The molecule has 4 heteroatoms. The molecule has 0 fully saturated rings. The summed E-state index contributed by atoms with van der Waals surface area (Å²) >= 11 is 0. The van der Waals surface area contributed by atoms with E-state index in [1.54, 1.807) is 0 Å². The number of carboxylic acid groups (broad SMARTS) is 1. The third-order valence-electron chi connectivity index (χ3n) is 3.49. The van der Waals surface area contributed by atoms with Crippen LogP contribution in [0.3, 0.4) is 0 Å². The largest absolute Gasteiger partial charge is 0.481 e. The Balaban J connectivity index is 2.10. The topological polar surface area (TPSA) is 43.8 Å². The first-order valence-corrected chi connectivity index (χ1v) is 6.35. The first-order valence-electron chi connectivity index (χ1n) is 6.35. The summed E-state index contributed by atoms with van der Waals surface area (Å²) in [4.78, 5) is 15.0. The summed E-state index contributed by atoms with van der Waals surface area (Å²) in [6.45, 7) is 2.07. The van der Waals surface area contributed by atoms with Crippen molar-refractivity contribution in [1.29, 1.82) is 0 Å².